The zero-order valence-electron chi connectivity index (χ0n) is 16.6. The molecule has 0 fully saturated rings. The van der Waals surface area contributed by atoms with E-state index in [-0.39, 0.29) is 18.4 Å². The second-order valence-corrected chi connectivity index (χ2v) is 8.55. The van der Waals surface area contributed by atoms with Gasteiger partial charge in [-0.05, 0) is 54.3 Å². The third-order valence-corrected chi connectivity index (χ3v) is 6.61. The number of amides is 2. The summed E-state index contributed by atoms with van der Waals surface area (Å²) in [4.78, 5) is 28.4. The topological polar surface area (TPSA) is 50.5 Å². The van der Waals surface area contributed by atoms with Crippen molar-refractivity contribution in [2.75, 3.05) is 0 Å². The van der Waals surface area contributed by atoms with Crippen molar-refractivity contribution < 1.29 is 14.0 Å². The molecule has 4 nitrogen and oxygen atoms in total. The fourth-order valence-corrected chi connectivity index (χ4v) is 4.55. The van der Waals surface area contributed by atoms with Gasteiger partial charge in [-0.15, -0.1) is 11.8 Å². The second kappa shape index (κ2) is 8.54. The van der Waals surface area contributed by atoms with Crippen LogP contribution in [0.5, 0.6) is 0 Å². The van der Waals surface area contributed by atoms with Crippen LogP contribution < -0.4 is 0 Å². The third-order valence-electron chi connectivity index (χ3n) is 5.15. The average molecular weight is 438 g/mol. The van der Waals surface area contributed by atoms with Gasteiger partial charge in [-0.25, -0.2) is 0 Å². The molecule has 0 aliphatic carbocycles. The molecule has 1 aromatic heterocycles. The summed E-state index contributed by atoms with van der Waals surface area (Å²) in [6, 6.07) is 16.7. The first-order valence-corrected chi connectivity index (χ1v) is 10.9. The van der Waals surface area contributed by atoms with Crippen molar-refractivity contribution in [1.29, 1.82) is 0 Å². The maximum atomic E-state index is 13.4. The number of halogens is 1. The normalized spacial score (nSPS) is 14.2. The van der Waals surface area contributed by atoms with E-state index in [1.807, 2.05) is 56.3 Å². The van der Waals surface area contributed by atoms with Crippen LogP contribution in [-0.2, 0) is 21.9 Å². The van der Waals surface area contributed by atoms with Crippen molar-refractivity contribution in [3.05, 3.63) is 98.8 Å². The molecule has 30 heavy (non-hydrogen) atoms. The van der Waals surface area contributed by atoms with E-state index in [2.05, 4.69) is 0 Å². The Balaban J connectivity index is 1.71. The van der Waals surface area contributed by atoms with Gasteiger partial charge >= 0.3 is 0 Å². The van der Waals surface area contributed by atoms with Crippen LogP contribution in [0.15, 0.2) is 70.2 Å². The molecule has 3 aromatic rings. The minimum Gasteiger partial charge on any atom is -0.468 e. The van der Waals surface area contributed by atoms with Gasteiger partial charge in [0.1, 0.15) is 5.76 Å². The molecule has 0 atom stereocenters. The Kier molecular flexibility index (Phi) is 5.84. The predicted molar refractivity (Wildman–Crippen MR) is 120 cm³/mol. The highest BCUT2D eigenvalue weighted by Crippen LogP contribution is 2.39. The van der Waals surface area contributed by atoms with Crippen LogP contribution in [0.3, 0.4) is 0 Å². The molecule has 2 amide bonds. The van der Waals surface area contributed by atoms with Gasteiger partial charge in [-0.1, -0.05) is 48.0 Å². The van der Waals surface area contributed by atoms with Crippen molar-refractivity contribution in [1.82, 2.24) is 4.90 Å². The first-order chi connectivity index (χ1) is 14.5. The van der Waals surface area contributed by atoms with E-state index in [4.69, 9.17) is 16.0 Å². The summed E-state index contributed by atoms with van der Waals surface area (Å²) in [7, 11) is 0. The van der Waals surface area contributed by atoms with Gasteiger partial charge in [-0.2, -0.15) is 0 Å². The highest BCUT2D eigenvalue weighted by molar-refractivity contribution is 8.03. The van der Waals surface area contributed by atoms with Crippen molar-refractivity contribution in [3.8, 4) is 0 Å². The molecule has 4 rings (SSSR count). The largest absolute Gasteiger partial charge is 0.468 e. The number of carbonyl (C=O) groups excluding carboxylic acids is 2. The van der Waals surface area contributed by atoms with Gasteiger partial charge < -0.3 is 4.42 Å². The zero-order valence-corrected chi connectivity index (χ0v) is 18.2. The molecule has 2 aromatic carbocycles. The van der Waals surface area contributed by atoms with Crippen molar-refractivity contribution in [2.24, 2.45) is 0 Å². The van der Waals surface area contributed by atoms with Crippen molar-refractivity contribution >= 4 is 40.8 Å². The lowest BCUT2D eigenvalue weighted by Crippen LogP contribution is -2.31. The lowest BCUT2D eigenvalue weighted by molar-refractivity contribution is -0.137. The molecule has 1 aliphatic rings. The summed E-state index contributed by atoms with van der Waals surface area (Å²) >= 11 is 7.60. The second-order valence-electron chi connectivity index (χ2n) is 7.16. The molecule has 0 spiro atoms. The Bertz CT molecular complexity index is 1150. The van der Waals surface area contributed by atoms with Crippen LogP contribution in [0.2, 0.25) is 5.02 Å². The Morgan fingerprint density at radius 1 is 0.967 bits per heavy atom. The summed E-state index contributed by atoms with van der Waals surface area (Å²) in [6.45, 7) is 4.15. The Morgan fingerprint density at radius 2 is 1.77 bits per heavy atom. The minimum absolute atomic E-state index is 0.135. The molecule has 0 saturated carbocycles. The van der Waals surface area contributed by atoms with Gasteiger partial charge in [-0.3, -0.25) is 14.5 Å². The number of hydrogen-bond acceptors (Lipinski definition) is 4. The van der Waals surface area contributed by atoms with E-state index in [0.717, 1.165) is 28.0 Å². The quantitative estimate of drug-likeness (QED) is 0.460. The highest BCUT2D eigenvalue weighted by atomic mass is 35.5. The van der Waals surface area contributed by atoms with Gasteiger partial charge in [0, 0.05) is 5.02 Å². The van der Waals surface area contributed by atoms with Gasteiger partial charge in [0.15, 0.2) is 0 Å². The third kappa shape index (κ3) is 3.95. The molecule has 152 valence electrons. The van der Waals surface area contributed by atoms with Crippen LogP contribution in [0.1, 0.15) is 28.0 Å². The van der Waals surface area contributed by atoms with E-state index in [9.17, 15) is 9.59 Å². The Morgan fingerprint density at radius 3 is 2.47 bits per heavy atom. The SMILES string of the molecule is Cc1ccc(C2=C(SCc3ccco3)C(=O)N(Cc3ccccc3Cl)C2=O)cc1C. The number of carbonyl (C=O) groups is 2. The molecule has 0 N–H and O–H groups in total. The average Bonchev–Trinajstić information content (AvgIpc) is 3.32. The molecule has 6 heteroatoms. The van der Waals surface area contributed by atoms with E-state index in [1.165, 1.54) is 16.7 Å². The van der Waals surface area contributed by atoms with Crippen LogP contribution in [0.4, 0.5) is 0 Å². The fourth-order valence-electron chi connectivity index (χ4n) is 3.32. The van der Waals surface area contributed by atoms with Crippen LogP contribution in [0, 0.1) is 13.8 Å². The molecular weight excluding hydrogens is 418 g/mol. The number of hydrogen-bond donors (Lipinski definition) is 0. The standard InChI is InChI=1S/C24H20ClNO3S/c1-15-9-10-17(12-16(15)2)21-22(30-14-19-7-5-11-29-19)24(28)26(23(21)27)13-18-6-3-4-8-20(18)25/h3-12H,13-14H2,1-2H3. The number of imide groups is 1. The molecule has 1 aliphatic heterocycles. The van der Waals surface area contributed by atoms with E-state index >= 15 is 0 Å². The van der Waals surface area contributed by atoms with Crippen LogP contribution >= 0.6 is 23.4 Å². The van der Waals surface area contributed by atoms with E-state index in [0.29, 0.717) is 21.3 Å². The van der Waals surface area contributed by atoms with Crippen molar-refractivity contribution in [3.63, 3.8) is 0 Å². The maximum absolute atomic E-state index is 13.4. The molecule has 0 radical (unpaired) electrons. The number of rotatable bonds is 6. The summed E-state index contributed by atoms with van der Waals surface area (Å²) < 4.78 is 5.40. The maximum Gasteiger partial charge on any atom is 0.268 e. The summed E-state index contributed by atoms with van der Waals surface area (Å²) in [5.74, 6) is 0.613. The highest BCUT2D eigenvalue weighted by Gasteiger charge is 2.39. The first-order valence-electron chi connectivity index (χ1n) is 9.52. The van der Waals surface area contributed by atoms with E-state index < -0.39 is 0 Å². The van der Waals surface area contributed by atoms with Crippen LogP contribution in [-0.4, -0.2) is 16.7 Å². The smallest absolute Gasteiger partial charge is 0.268 e. The molecular formula is C24H20ClNO3S. The Hall–Kier alpha value is -2.76. The number of thioether (sulfide) groups is 1. The summed E-state index contributed by atoms with van der Waals surface area (Å²) in [6.07, 6.45) is 1.60. The predicted octanol–water partition coefficient (Wildman–Crippen LogP) is 5.76. The first kappa shape index (κ1) is 20.5. The van der Waals surface area contributed by atoms with Crippen LogP contribution in [0.25, 0.3) is 5.57 Å². The molecule has 0 unspecified atom stereocenters. The van der Waals surface area contributed by atoms with Gasteiger partial charge in [0.25, 0.3) is 11.8 Å². The molecule has 2 heterocycles. The fraction of sp³-hybridized carbons (Fsp3) is 0.167. The molecule has 0 bridgehead atoms. The van der Waals surface area contributed by atoms with Gasteiger partial charge in [0.05, 0.1) is 29.0 Å². The number of benzene rings is 2. The lowest BCUT2D eigenvalue weighted by atomic mass is 10.0. The van der Waals surface area contributed by atoms with E-state index in [1.54, 1.807) is 18.4 Å². The summed E-state index contributed by atoms with van der Waals surface area (Å²) in [5.41, 5.74) is 4.12. The van der Waals surface area contributed by atoms with Crippen molar-refractivity contribution in [2.45, 2.75) is 26.1 Å². The monoisotopic (exact) mass is 437 g/mol. The minimum atomic E-state index is -0.301. The number of nitrogens with zero attached hydrogens (tertiary/aromatic N) is 1. The number of furan rings is 1. The number of aryl methyl sites for hydroxylation is 2. The zero-order chi connectivity index (χ0) is 21.3. The lowest BCUT2D eigenvalue weighted by Gasteiger charge is -2.16. The van der Waals surface area contributed by atoms with Gasteiger partial charge in [0.2, 0.25) is 0 Å². The molecule has 0 saturated heterocycles. The summed E-state index contributed by atoms with van der Waals surface area (Å²) in [5, 5.41) is 0.530. The Labute approximate surface area is 184 Å².